The van der Waals surface area contributed by atoms with Crippen molar-refractivity contribution < 1.29 is 4.79 Å². The monoisotopic (exact) mass is 255 g/mol. The van der Waals surface area contributed by atoms with Crippen LogP contribution in [0.5, 0.6) is 0 Å². The Morgan fingerprint density at radius 2 is 2.17 bits per heavy atom. The van der Waals surface area contributed by atoms with E-state index < -0.39 is 0 Å². The molecule has 106 valence electrons. The van der Waals surface area contributed by atoms with E-state index in [4.69, 9.17) is 5.73 Å². The number of carbonyl (C=O) groups is 1. The van der Waals surface area contributed by atoms with E-state index in [-0.39, 0.29) is 5.91 Å². The van der Waals surface area contributed by atoms with Gasteiger partial charge in [0, 0.05) is 19.0 Å². The summed E-state index contributed by atoms with van der Waals surface area (Å²) in [6.45, 7) is 7.22. The summed E-state index contributed by atoms with van der Waals surface area (Å²) in [6.07, 6.45) is 3.71. The lowest BCUT2D eigenvalue weighted by Crippen LogP contribution is -2.36. The van der Waals surface area contributed by atoms with Gasteiger partial charge in [-0.1, -0.05) is 13.8 Å². The van der Waals surface area contributed by atoms with Crippen LogP contribution in [0.15, 0.2) is 0 Å². The van der Waals surface area contributed by atoms with Gasteiger partial charge in [-0.25, -0.2) is 0 Å². The Morgan fingerprint density at radius 1 is 1.44 bits per heavy atom. The second-order valence-electron chi connectivity index (χ2n) is 5.94. The van der Waals surface area contributed by atoms with Crippen molar-refractivity contribution in [2.45, 2.75) is 45.6 Å². The first-order valence-corrected chi connectivity index (χ1v) is 7.21. The molecule has 1 fully saturated rings. The molecule has 4 nitrogen and oxygen atoms in total. The summed E-state index contributed by atoms with van der Waals surface area (Å²) in [7, 11) is 2.10. The van der Waals surface area contributed by atoms with Crippen LogP contribution in [-0.4, -0.2) is 43.5 Å². The molecule has 1 aliphatic rings. The molecule has 2 atom stereocenters. The fourth-order valence-corrected chi connectivity index (χ4v) is 2.69. The molecule has 4 heteroatoms. The number of nitrogens with zero attached hydrogens (tertiary/aromatic N) is 1. The van der Waals surface area contributed by atoms with E-state index in [0.29, 0.717) is 24.3 Å². The van der Waals surface area contributed by atoms with Crippen LogP contribution in [0, 0.1) is 11.8 Å². The van der Waals surface area contributed by atoms with Crippen molar-refractivity contribution in [3.63, 3.8) is 0 Å². The number of rotatable bonds is 7. The van der Waals surface area contributed by atoms with Crippen molar-refractivity contribution in [2.75, 3.05) is 26.7 Å². The summed E-state index contributed by atoms with van der Waals surface area (Å²) >= 11 is 0. The van der Waals surface area contributed by atoms with Crippen LogP contribution in [0.1, 0.15) is 39.5 Å². The predicted octanol–water partition coefficient (Wildman–Crippen LogP) is 1.21. The Bertz CT molecular complexity index is 255. The van der Waals surface area contributed by atoms with E-state index in [1.54, 1.807) is 0 Å². The van der Waals surface area contributed by atoms with Crippen LogP contribution in [0.4, 0.5) is 0 Å². The molecule has 1 aliphatic heterocycles. The Kier molecular flexibility index (Phi) is 6.65. The highest BCUT2D eigenvalue weighted by atomic mass is 16.1. The molecule has 1 rings (SSSR count). The Morgan fingerprint density at radius 3 is 2.67 bits per heavy atom. The lowest BCUT2D eigenvalue weighted by molar-refractivity contribution is -0.122. The summed E-state index contributed by atoms with van der Waals surface area (Å²) < 4.78 is 0. The highest BCUT2D eigenvalue weighted by molar-refractivity contribution is 5.76. The number of nitrogens with two attached hydrogens (primary N) is 1. The minimum atomic E-state index is 0.206. The predicted molar refractivity (Wildman–Crippen MR) is 75.3 cm³/mol. The fourth-order valence-electron chi connectivity index (χ4n) is 2.69. The van der Waals surface area contributed by atoms with E-state index in [9.17, 15) is 4.79 Å². The van der Waals surface area contributed by atoms with Gasteiger partial charge in [0.25, 0.3) is 0 Å². The maximum absolute atomic E-state index is 11.9. The largest absolute Gasteiger partial charge is 0.352 e. The fraction of sp³-hybridized carbons (Fsp3) is 0.929. The summed E-state index contributed by atoms with van der Waals surface area (Å²) in [5.74, 6) is 1.39. The average molecular weight is 255 g/mol. The van der Waals surface area contributed by atoms with Gasteiger partial charge in [-0.2, -0.15) is 0 Å². The van der Waals surface area contributed by atoms with Crippen LogP contribution in [0.25, 0.3) is 0 Å². The first kappa shape index (κ1) is 15.4. The first-order chi connectivity index (χ1) is 8.52. The second kappa shape index (κ2) is 7.74. The van der Waals surface area contributed by atoms with Gasteiger partial charge in [0.05, 0.1) is 0 Å². The van der Waals surface area contributed by atoms with Crippen LogP contribution in [-0.2, 0) is 4.79 Å². The van der Waals surface area contributed by atoms with Crippen LogP contribution in [0.2, 0.25) is 0 Å². The zero-order valence-corrected chi connectivity index (χ0v) is 12.1. The number of nitrogens with one attached hydrogen (secondary N) is 1. The lowest BCUT2D eigenvalue weighted by atomic mass is 9.88. The van der Waals surface area contributed by atoms with Crippen molar-refractivity contribution in [2.24, 2.45) is 17.6 Å². The molecule has 3 N–H and O–H groups in total. The van der Waals surface area contributed by atoms with Gasteiger partial charge >= 0.3 is 0 Å². The molecule has 1 amide bonds. The standard InChI is InChI=1S/C14H29N3O/c1-11(2)12(6-8-15)4-5-14(18)16-13-7-9-17(3)10-13/h11-13H,4-10,15H2,1-3H3,(H,16,18). The van der Waals surface area contributed by atoms with E-state index in [2.05, 4.69) is 31.1 Å². The number of likely N-dealkylation sites (tertiary alicyclic amines) is 1. The zero-order valence-electron chi connectivity index (χ0n) is 12.1. The van der Waals surface area contributed by atoms with E-state index in [1.165, 1.54) is 0 Å². The smallest absolute Gasteiger partial charge is 0.220 e. The summed E-state index contributed by atoms with van der Waals surface area (Å²) in [5, 5.41) is 3.13. The molecule has 1 saturated heterocycles. The highest BCUT2D eigenvalue weighted by Crippen LogP contribution is 2.20. The minimum absolute atomic E-state index is 0.206. The molecule has 0 aromatic heterocycles. The Balaban J connectivity index is 2.23. The number of carbonyl (C=O) groups excluding carboxylic acids is 1. The van der Waals surface area contributed by atoms with Gasteiger partial charge in [-0.15, -0.1) is 0 Å². The van der Waals surface area contributed by atoms with E-state index in [0.717, 1.165) is 38.9 Å². The zero-order chi connectivity index (χ0) is 13.5. The number of amides is 1. The van der Waals surface area contributed by atoms with E-state index in [1.807, 2.05) is 0 Å². The normalized spacial score (nSPS) is 22.4. The quantitative estimate of drug-likeness (QED) is 0.719. The maximum atomic E-state index is 11.9. The van der Waals surface area contributed by atoms with Crippen LogP contribution >= 0.6 is 0 Å². The van der Waals surface area contributed by atoms with Crippen molar-refractivity contribution in [1.29, 1.82) is 0 Å². The van der Waals surface area contributed by atoms with Crippen LogP contribution < -0.4 is 11.1 Å². The minimum Gasteiger partial charge on any atom is -0.352 e. The third-order valence-electron chi connectivity index (χ3n) is 3.98. The molecule has 0 aromatic rings. The van der Waals surface area contributed by atoms with Gasteiger partial charge < -0.3 is 16.0 Å². The third kappa shape index (κ3) is 5.36. The molecule has 1 heterocycles. The van der Waals surface area contributed by atoms with Gasteiger partial charge in [-0.3, -0.25) is 4.79 Å². The van der Waals surface area contributed by atoms with Crippen molar-refractivity contribution in [1.82, 2.24) is 10.2 Å². The lowest BCUT2D eigenvalue weighted by Gasteiger charge is -2.20. The summed E-state index contributed by atoms with van der Waals surface area (Å²) in [5.41, 5.74) is 5.61. The average Bonchev–Trinajstić information content (AvgIpc) is 2.69. The molecule has 0 spiro atoms. The maximum Gasteiger partial charge on any atom is 0.220 e. The SMILES string of the molecule is CC(C)C(CCN)CCC(=O)NC1CCN(C)C1. The Hall–Kier alpha value is -0.610. The number of hydrogen-bond acceptors (Lipinski definition) is 3. The molecule has 0 bridgehead atoms. The molecular weight excluding hydrogens is 226 g/mol. The van der Waals surface area contributed by atoms with Crippen molar-refractivity contribution in [3.8, 4) is 0 Å². The molecule has 0 radical (unpaired) electrons. The topological polar surface area (TPSA) is 58.4 Å². The summed E-state index contributed by atoms with van der Waals surface area (Å²) in [6, 6.07) is 0.356. The van der Waals surface area contributed by atoms with E-state index >= 15 is 0 Å². The second-order valence-corrected chi connectivity index (χ2v) is 5.94. The number of hydrogen-bond donors (Lipinski definition) is 2. The van der Waals surface area contributed by atoms with Crippen molar-refractivity contribution in [3.05, 3.63) is 0 Å². The summed E-state index contributed by atoms with van der Waals surface area (Å²) in [4.78, 5) is 14.1. The van der Waals surface area contributed by atoms with Crippen LogP contribution in [0.3, 0.4) is 0 Å². The highest BCUT2D eigenvalue weighted by Gasteiger charge is 2.21. The molecular formula is C14H29N3O. The van der Waals surface area contributed by atoms with Gasteiger partial charge in [0.15, 0.2) is 0 Å². The molecule has 18 heavy (non-hydrogen) atoms. The molecule has 0 saturated carbocycles. The van der Waals surface area contributed by atoms with Gasteiger partial charge in [-0.05, 0) is 51.2 Å². The van der Waals surface area contributed by atoms with Crippen molar-refractivity contribution >= 4 is 5.91 Å². The molecule has 0 aromatic carbocycles. The van der Waals surface area contributed by atoms with Gasteiger partial charge in [0.1, 0.15) is 0 Å². The number of likely N-dealkylation sites (N-methyl/N-ethyl adjacent to an activating group) is 1. The van der Waals surface area contributed by atoms with Gasteiger partial charge in [0.2, 0.25) is 5.91 Å². The third-order valence-corrected chi connectivity index (χ3v) is 3.98. The first-order valence-electron chi connectivity index (χ1n) is 7.21. The molecule has 2 unspecified atom stereocenters. The Labute approximate surface area is 111 Å². The molecule has 0 aliphatic carbocycles.